The van der Waals surface area contributed by atoms with E-state index in [9.17, 15) is 9.59 Å². The molecule has 0 unspecified atom stereocenters. The molecule has 1 N–H and O–H groups in total. The van der Waals surface area contributed by atoms with Gasteiger partial charge in [-0.25, -0.2) is 0 Å². The highest BCUT2D eigenvalue weighted by atomic mass is 35.5. The molecule has 1 aromatic heterocycles. The van der Waals surface area contributed by atoms with Gasteiger partial charge in [0, 0.05) is 40.7 Å². The number of nitrogens with zero attached hydrogens (tertiary/aromatic N) is 3. The molecule has 1 heterocycles. The van der Waals surface area contributed by atoms with Crippen LogP contribution in [0.5, 0.6) is 0 Å². The Morgan fingerprint density at radius 1 is 1.10 bits per heavy atom. The van der Waals surface area contributed by atoms with Crippen LogP contribution < -0.4 is 5.32 Å². The van der Waals surface area contributed by atoms with Gasteiger partial charge in [-0.1, -0.05) is 41.0 Å². The minimum absolute atomic E-state index is 0.00925. The van der Waals surface area contributed by atoms with E-state index in [1.807, 2.05) is 30.5 Å². The van der Waals surface area contributed by atoms with Gasteiger partial charge in [-0.2, -0.15) is 0 Å². The number of benzene rings is 2. The van der Waals surface area contributed by atoms with E-state index < -0.39 is 0 Å². The molecule has 0 bridgehead atoms. The molecular formula is C22H22Cl2N4O2S. The van der Waals surface area contributed by atoms with Crippen molar-refractivity contribution in [3.8, 4) is 0 Å². The molecule has 0 fully saturated rings. The molecule has 31 heavy (non-hydrogen) atoms. The quantitative estimate of drug-likeness (QED) is 0.327. The molecule has 0 atom stereocenters. The lowest BCUT2D eigenvalue weighted by Gasteiger charge is -2.08. The van der Waals surface area contributed by atoms with Gasteiger partial charge in [0.1, 0.15) is 5.82 Å². The fraction of sp³-hybridized carbons (Fsp3) is 0.273. The highest BCUT2D eigenvalue weighted by Crippen LogP contribution is 2.22. The standard InChI is InChI=1S/C22H22Cl2N4O2S/c1-3-28-20(10-11-21(30)25-17-9-4-14(2)18(24)12-17)26-27-22(28)31-13-19(29)15-5-7-16(23)8-6-15/h4-9,12H,3,10-11,13H2,1-2H3,(H,25,30). The molecule has 2 aromatic carbocycles. The highest BCUT2D eigenvalue weighted by molar-refractivity contribution is 7.99. The van der Waals surface area contributed by atoms with Crippen molar-refractivity contribution in [1.82, 2.24) is 14.8 Å². The third kappa shape index (κ3) is 6.32. The van der Waals surface area contributed by atoms with E-state index in [1.54, 1.807) is 30.3 Å². The summed E-state index contributed by atoms with van der Waals surface area (Å²) in [7, 11) is 0. The van der Waals surface area contributed by atoms with Crippen LogP contribution in [0.1, 0.15) is 35.1 Å². The van der Waals surface area contributed by atoms with E-state index in [0.717, 1.165) is 5.56 Å². The molecule has 0 aliphatic heterocycles. The smallest absolute Gasteiger partial charge is 0.224 e. The molecule has 9 heteroatoms. The number of ketones is 1. The summed E-state index contributed by atoms with van der Waals surface area (Å²) in [6.07, 6.45) is 0.704. The number of halogens is 2. The number of aromatic nitrogens is 3. The second-order valence-corrected chi connectivity index (χ2v) is 8.66. The van der Waals surface area contributed by atoms with Gasteiger partial charge in [-0.15, -0.1) is 10.2 Å². The van der Waals surface area contributed by atoms with Gasteiger partial charge >= 0.3 is 0 Å². The molecule has 0 saturated carbocycles. The summed E-state index contributed by atoms with van der Waals surface area (Å²) in [5, 5.41) is 13.1. The number of hydrogen-bond donors (Lipinski definition) is 1. The summed E-state index contributed by atoms with van der Waals surface area (Å²) in [4.78, 5) is 24.7. The van der Waals surface area contributed by atoms with Crippen molar-refractivity contribution in [1.29, 1.82) is 0 Å². The van der Waals surface area contributed by atoms with Crippen LogP contribution in [0, 0.1) is 6.92 Å². The first kappa shape index (κ1) is 23.3. The van der Waals surface area contributed by atoms with Gasteiger partial charge in [0.25, 0.3) is 0 Å². The molecule has 162 valence electrons. The zero-order valence-electron chi connectivity index (χ0n) is 17.2. The Bertz CT molecular complexity index is 1080. The topological polar surface area (TPSA) is 76.9 Å². The summed E-state index contributed by atoms with van der Waals surface area (Å²) in [5.74, 6) is 0.817. The van der Waals surface area contributed by atoms with E-state index >= 15 is 0 Å². The molecule has 0 saturated heterocycles. The number of rotatable bonds is 9. The van der Waals surface area contributed by atoms with Gasteiger partial charge in [0.15, 0.2) is 10.9 Å². The fourth-order valence-corrected chi connectivity index (χ4v) is 4.12. The maximum Gasteiger partial charge on any atom is 0.224 e. The molecule has 3 aromatic rings. The van der Waals surface area contributed by atoms with E-state index in [1.165, 1.54) is 11.8 Å². The predicted molar refractivity (Wildman–Crippen MR) is 125 cm³/mol. The van der Waals surface area contributed by atoms with Gasteiger partial charge < -0.3 is 9.88 Å². The first-order valence-corrected chi connectivity index (χ1v) is 11.5. The molecule has 6 nitrogen and oxygen atoms in total. The summed E-state index contributed by atoms with van der Waals surface area (Å²) in [6.45, 7) is 4.53. The monoisotopic (exact) mass is 476 g/mol. The number of carbonyl (C=O) groups is 2. The summed E-state index contributed by atoms with van der Waals surface area (Å²) >= 11 is 13.3. The average molecular weight is 477 g/mol. The number of nitrogens with one attached hydrogen (secondary N) is 1. The van der Waals surface area contributed by atoms with Crippen LogP contribution in [-0.2, 0) is 17.8 Å². The Kier molecular flexibility index (Phi) is 8.12. The zero-order chi connectivity index (χ0) is 22.4. The third-order valence-corrected chi connectivity index (χ3v) is 6.27. The van der Waals surface area contributed by atoms with Crippen molar-refractivity contribution >= 4 is 52.3 Å². The minimum atomic E-state index is -0.127. The van der Waals surface area contributed by atoms with E-state index in [4.69, 9.17) is 23.2 Å². The van der Waals surface area contributed by atoms with Gasteiger partial charge in [0.05, 0.1) is 5.75 Å². The lowest BCUT2D eigenvalue weighted by Crippen LogP contribution is -2.14. The number of amides is 1. The maximum absolute atomic E-state index is 12.4. The van der Waals surface area contributed by atoms with E-state index in [-0.39, 0.29) is 23.9 Å². The first-order chi connectivity index (χ1) is 14.9. The second kappa shape index (κ2) is 10.8. The van der Waals surface area contributed by atoms with Crippen LogP contribution in [0.2, 0.25) is 10.0 Å². The van der Waals surface area contributed by atoms with Crippen molar-refractivity contribution < 1.29 is 9.59 Å². The van der Waals surface area contributed by atoms with Crippen LogP contribution >= 0.6 is 35.0 Å². The van der Waals surface area contributed by atoms with Crippen LogP contribution in [-0.4, -0.2) is 32.2 Å². The Morgan fingerprint density at radius 3 is 2.52 bits per heavy atom. The molecule has 3 rings (SSSR count). The first-order valence-electron chi connectivity index (χ1n) is 9.77. The molecule has 1 amide bonds. The van der Waals surface area contributed by atoms with E-state index in [0.29, 0.717) is 45.2 Å². The van der Waals surface area contributed by atoms with Crippen LogP contribution in [0.25, 0.3) is 0 Å². The van der Waals surface area contributed by atoms with Crippen LogP contribution in [0.15, 0.2) is 47.6 Å². The molecule has 0 spiro atoms. The number of aryl methyl sites for hydroxylation is 2. The summed E-state index contributed by atoms with van der Waals surface area (Å²) < 4.78 is 1.93. The van der Waals surface area contributed by atoms with Crippen molar-refractivity contribution in [2.75, 3.05) is 11.1 Å². The summed E-state index contributed by atoms with van der Waals surface area (Å²) in [5.41, 5.74) is 2.22. The normalized spacial score (nSPS) is 10.8. The third-order valence-electron chi connectivity index (χ3n) is 4.64. The summed E-state index contributed by atoms with van der Waals surface area (Å²) in [6, 6.07) is 12.2. The van der Waals surface area contributed by atoms with Gasteiger partial charge in [-0.3, -0.25) is 9.59 Å². The fourth-order valence-electron chi connectivity index (χ4n) is 2.90. The van der Waals surface area contributed by atoms with Crippen molar-refractivity contribution in [3.63, 3.8) is 0 Å². The zero-order valence-corrected chi connectivity index (χ0v) is 19.5. The number of thioether (sulfide) groups is 1. The SMILES string of the molecule is CCn1c(CCC(=O)Nc2ccc(C)c(Cl)c2)nnc1SCC(=O)c1ccc(Cl)cc1. The number of Topliss-reactive ketones (excluding diaryl/α,β-unsaturated/α-hetero) is 1. The number of hydrogen-bond acceptors (Lipinski definition) is 5. The van der Waals surface area contributed by atoms with Crippen LogP contribution in [0.4, 0.5) is 5.69 Å². The average Bonchev–Trinajstić information content (AvgIpc) is 3.15. The van der Waals surface area contributed by atoms with Crippen molar-refractivity contribution in [3.05, 3.63) is 69.5 Å². The lowest BCUT2D eigenvalue weighted by atomic mass is 10.1. The second-order valence-electron chi connectivity index (χ2n) is 6.87. The van der Waals surface area contributed by atoms with Gasteiger partial charge in [0.2, 0.25) is 5.91 Å². The van der Waals surface area contributed by atoms with Crippen molar-refractivity contribution in [2.45, 2.75) is 38.4 Å². The molecular weight excluding hydrogens is 455 g/mol. The minimum Gasteiger partial charge on any atom is -0.326 e. The number of anilines is 1. The van der Waals surface area contributed by atoms with Crippen molar-refractivity contribution in [2.24, 2.45) is 0 Å². The van der Waals surface area contributed by atoms with Crippen LogP contribution in [0.3, 0.4) is 0 Å². The van der Waals surface area contributed by atoms with Gasteiger partial charge in [-0.05, 0) is 55.8 Å². The molecule has 0 aliphatic carbocycles. The number of carbonyl (C=O) groups excluding carboxylic acids is 2. The largest absolute Gasteiger partial charge is 0.326 e. The molecule has 0 aliphatic rings. The molecule has 0 radical (unpaired) electrons. The van der Waals surface area contributed by atoms with E-state index in [2.05, 4.69) is 15.5 Å². The Labute approximate surface area is 195 Å². The predicted octanol–water partition coefficient (Wildman–Crippen LogP) is 5.46. The lowest BCUT2D eigenvalue weighted by molar-refractivity contribution is -0.116. The Hall–Kier alpha value is -2.35. The Morgan fingerprint density at radius 2 is 1.84 bits per heavy atom. The Balaban J connectivity index is 1.56. The highest BCUT2D eigenvalue weighted by Gasteiger charge is 2.15. The maximum atomic E-state index is 12.4.